The molecule has 0 radical (unpaired) electrons. The number of nitrogens with one attached hydrogen (secondary N) is 2. The zero-order chi connectivity index (χ0) is 6.85. The summed E-state index contributed by atoms with van der Waals surface area (Å²) in [6.45, 7) is 0. The van der Waals surface area contributed by atoms with E-state index in [1.807, 2.05) is 0 Å². The third-order valence-electron chi connectivity index (χ3n) is 0.781. The van der Waals surface area contributed by atoms with Crippen LogP contribution >= 0.6 is 12.2 Å². The molecule has 1 aromatic heterocycles. The molecule has 0 aliphatic heterocycles. The van der Waals surface area contributed by atoms with Crippen LogP contribution in [-0.2, 0) is 21.1 Å². The first-order chi connectivity index (χ1) is 4.18. The van der Waals surface area contributed by atoms with Crippen LogP contribution in [-0.4, -0.2) is 9.97 Å². The Kier molecular flexibility index (Phi) is 3.53. The van der Waals surface area contributed by atoms with E-state index in [0.29, 0.717) is 0 Å². The molecule has 0 amide bonds. The first kappa shape index (κ1) is 9.59. The van der Waals surface area contributed by atoms with Crippen molar-refractivity contribution in [2.24, 2.45) is 0 Å². The summed E-state index contributed by atoms with van der Waals surface area (Å²) in [5, 5.41) is 0. The number of nitrogen functional groups attached to an aromatic ring is 1. The summed E-state index contributed by atoms with van der Waals surface area (Å²) in [4.78, 5) is 15.4. The molecule has 1 aromatic rings. The van der Waals surface area contributed by atoms with Crippen molar-refractivity contribution in [3.05, 3.63) is 21.2 Å². The van der Waals surface area contributed by atoms with Crippen LogP contribution in [0.2, 0.25) is 0 Å². The number of rotatable bonds is 0. The van der Waals surface area contributed by atoms with Crippen molar-refractivity contribution < 1.29 is 21.1 Å². The quantitative estimate of drug-likeness (QED) is 0.584. The zero-order valence-electron chi connectivity index (χ0n) is 4.79. The molecule has 4 nitrogen and oxygen atoms in total. The molecule has 0 saturated heterocycles. The van der Waals surface area contributed by atoms with Crippen LogP contribution < -0.4 is 11.3 Å². The Morgan fingerprint density at radius 1 is 1.50 bits per heavy atom. The van der Waals surface area contributed by atoms with Gasteiger partial charge in [-0.3, -0.25) is 9.78 Å². The standard InChI is InChI=1S/C4H5N3OS.Pt/c5-2-1-3(8)7-4(9)6-2;/h1H,(H4,5,6,7,8,9);. The molecule has 1 heterocycles. The van der Waals surface area contributed by atoms with Crippen molar-refractivity contribution in [1.29, 1.82) is 0 Å². The maximum atomic E-state index is 10.5. The topological polar surface area (TPSA) is 74.7 Å². The molecule has 0 fully saturated rings. The summed E-state index contributed by atoms with van der Waals surface area (Å²) in [7, 11) is 0. The van der Waals surface area contributed by atoms with Crippen LogP contribution in [0.25, 0.3) is 0 Å². The molecule has 6 heteroatoms. The first-order valence-corrected chi connectivity index (χ1v) is 2.68. The number of aromatic nitrogens is 2. The number of H-pyrrole nitrogens is 2. The van der Waals surface area contributed by atoms with Crippen molar-refractivity contribution in [3.63, 3.8) is 0 Å². The van der Waals surface area contributed by atoms with E-state index < -0.39 is 0 Å². The Balaban J connectivity index is 0.000000810. The molecular weight excluding hydrogens is 333 g/mol. The van der Waals surface area contributed by atoms with Crippen molar-refractivity contribution in [2.75, 3.05) is 5.73 Å². The van der Waals surface area contributed by atoms with E-state index in [2.05, 4.69) is 22.2 Å². The van der Waals surface area contributed by atoms with Gasteiger partial charge in [-0.05, 0) is 12.2 Å². The second-order valence-corrected chi connectivity index (χ2v) is 1.95. The fourth-order valence-corrected chi connectivity index (χ4v) is 0.706. The molecule has 0 aromatic carbocycles. The predicted octanol–water partition coefficient (Wildman–Crippen LogP) is 0.0122. The monoisotopic (exact) mass is 338 g/mol. The first-order valence-electron chi connectivity index (χ1n) is 2.27. The number of anilines is 1. The van der Waals surface area contributed by atoms with Crippen LogP contribution in [0, 0.1) is 4.77 Å². The Morgan fingerprint density at radius 3 is 2.50 bits per heavy atom. The molecule has 10 heavy (non-hydrogen) atoms. The van der Waals surface area contributed by atoms with E-state index in [1.54, 1.807) is 0 Å². The van der Waals surface area contributed by atoms with Crippen LogP contribution in [0.5, 0.6) is 0 Å². The van der Waals surface area contributed by atoms with Gasteiger partial charge < -0.3 is 10.7 Å². The third kappa shape index (κ3) is 2.45. The van der Waals surface area contributed by atoms with Crippen LogP contribution in [0.15, 0.2) is 10.9 Å². The maximum absolute atomic E-state index is 10.5. The number of hydrogen-bond donors (Lipinski definition) is 3. The van der Waals surface area contributed by atoms with Crippen molar-refractivity contribution in [1.82, 2.24) is 9.97 Å². The molecule has 0 spiro atoms. The van der Waals surface area contributed by atoms with Gasteiger partial charge in [0.15, 0.2) is 4.77 Å². The molecule has 0 saturated carbocycles. The fraction of sp³-hybridized carbons (Fsp3) is 0. The maximum Gasteiger partial charge on any atom is 0.253 e. The third-order valence-corrected chi connectivity index (χ3v) is 0.985. The molecule has 4 N–H and O–H groups in total. The Bertz CT molecular complexity index is 289. The smallest absolute Gasteiger partial charge is 0.253 e. The fourth-order valence-electron chi connectivity index (χ4n) is 0.488. The van der Waals surface area contributed by atoms with Gasteiger partial charge in [-0.1, -0.05) is 0 Å². The zero-order valence-corrected chi connectivity index (χ0v) is 7.88. The average molecular weight is 338 g/mol. The SMILES string of the molecule is Nc1cc(=O)[nH]c(=S)[nH]1.[Pt]. The van der Waals surface area contributed by atoms with E-state index in [0.717, 1.165) is 0 Å². The van der Waals surface area contributed by atoms with Gasteiger partial charge in [-0.25, -0.2) is 0 Å². The van der Waals surface area contributed by atoms with Crippen LogP contribution in [0.4, 0.5) is 5.82 Å². The van der Waals surface area contributed by atoms with E-state index >= 15 is 0 Å². The Morgan fingerprint density at radius 2 is 2.10 bits per heavy atom. The van der Waals surface area contributed by atoms with Gasteiger partial charge in [-0.2, -0.15) is 0 Å². The van der Waals surface area contributed by atoms with Gasteiger partial charge in [0.2, 0.25) is 0 Å². The van der Waals surface area contributed by atoms with Gasteiger partial charge in [0.05, 0.1) is 0 Å². The average Bonchev–Trinajstić information content (AvgIpc) is 1.59. The van der Waals surface area contributed by atoms with Crippen molar-refractivity contribution >= 4 is 18.0 Å². The summed E-state index contributed by atoms with van der Waals surface area (Å²) < 4.78 is 0.250. The minimum atomic E-state index is -0.281. The Hall–Kier alpha value is -0.412. The van der Waals surface area contributed by atoms with Crippen molar-refractivity contribution in [2.45, 2.75) is 0 Å². The summed E-state index contributed by atoms with van der Waals surface area (Å²) >= 11 is 4.60. The number of aromatic amines is 2. The summed E-state index contributed by atoms with van der Waals surface area (Å²) in [5.74, 6) is 0.281. The molecule has 58 valence electrons. The van der Waals surface area contributed by atoms with Crippen LogP contribution in [0.3, 0.4) is 0 Å². The van der Waals surface area contributed by atoms with Gasteiger partial charge in [0.25, 0.3) is 5.56 Å². The number of nitrogens with two attached hydrogens (primary N) is 1. The second-order valence-electron chi connectivity index (χ2n) is 1.54. The molecule has 1 rings (SSSR count). The summed E-state index contributed by atoms with van der Waals surface area (Å²) in [5.41, 5.74) is 4.94. The van der Waals surface area contributed by atoms with Crippen molar-refractivity contribution in [3.8, 4) is 0 Å². The molecule has 0 bridgehead atoms. The molecule has 0 atom stereocenters. The number of hydrogen-bond acceptors (Lipinski definition) is 3. The minimum Gasteiger partial charge on any atom is -0.385 e. The van der Waals surface area contributed by atoms with Crippen LogP contribution in [0.1, 0.15) is 0 Å². The van der Waals surface area contributed by atoms with E-state index in [4.69, 9.17) is 5.73 Å². The van der Waals surface area contributed by atoms with E-state index in [9.17, 15) is 4.79 Å². The van der Waals surface area contributed by atoms with E-state index in [-0.39, 0.29) is 37.2 Å². The summed E-state index contributed by atoms with van der Waals surface area (Å²) in [6, 6.07) is 1.23. The molecule has 0 unspecified atom stereocenters. The Labute approximate surface area is 76.1 Å². The predicted molar refractivity (Wildman–Crippen MR) is 36.7 cm³/mol. The van der Waals surface area contributed by atoms with Gasteiger partial charge in [0.1, 0.15) is 5.82 Å². The van der Waals surface area contributed by atoms with Gasteiger partial charge in [-0.15, -0.1) is 0 Å². The largest absolute Gasteiger partial charge is 0.385 e. The van der Waals surface area contributed by atoms with Gasteiger partial charge in [0, 0.05) is 27.1 Å². The minimum absolute atomic E-state index is 0. The normalized spacial score (nSPS) is 8.40. The summed E-state index contributed by atoms with van der Waals surface area (Å²) in [6.07, 6.45) is 0. The van der Waals surface area contributed by atoms with Gasteiger partial charge >= 0.3 is 0 Å². The molecule has 0 aliphatic carbocycles. The molecule has 0 aliphatic rings. The molecular formula is C4H5N3OPtS. The second kappa shape index (κ2) is 3.68. The van der Waals surface area contributed by atoms with E-state index in [1.165, 1.54) is 6.07 Å².